The average Bonchev–Trinajstić information content (AvgIpc) is 3.54. The van der Waals surface area contributed by atoms with Gasteiger partial charge in [-0.1, -0.05) is 36.4 Å². The Balaban J connectivity index is 1.39. The normalized spacial score (nSPS) is 12.7. The zero-order chi connectivity index (χ0) is 23.0. The molecule has 3 heterocycles. The molecule has 0 aliphatic heterocycles. The van der Waals surface area contributed by atoms with Gasteiger partial charge in [0.25, 0.3) is 5.91 Å². The molecule has 0 radical (unpaired) electrons. The molecule has 1 atom stereocenters. The topological polar surface area (TPSA) is 125 Å². The highest BCUT2D eigenvalue weighted by atomic mass is 16.3. The predicted molar refractivity (Wildman–Crippen MR) is 125 cm³/mol. The monoisotopic (exact) mass is 441 g/mol. The molecule has 5 aromatic rings. The molecule has 0 saturated heterocycles. The average molecular weight is 441 g/mol. The number of aromatic nitrogens is 6. The highest BCUT2D eigenvalue weighted by Gasteiger charge is 2.31. The molecule has 4 N–H and O–H groups in total. The Morgan fingerprint density at radius 2 is 1.94 bits per heavy atom. The van der Waals surface area contributed by atoms with Crippen LogP contribution >= 0.6 is 0 Å². The van der Waals surface area contributed by atoms with Crippen LogP contribution in [0.15, 0.2) is 73.3 Å². The molecular formula is C24H23N7O2. The van der Waals surface area contributed by atoms with Crippen LogP contribution < -0.4 is 5.32 Å². The van der Waals surface area contributed by atoms with Gasteiger partial charge >= 0.3 is 0 Å². The van der Waals surface area contributed by atoms with E-state index in [4.69, 9.17) is 0 Å². The van der Waals surface area contributed by atoms with Crippen LogP contribution in [0.2, 0.25) is 0 Å². The van der Waals surface area contributed by atoms with Crippen LogP contribution in [-0.4, -0.2) is 46.8 Å². The van der Waals surface area contributed by atoms with Gasteiger partial charge < -0.3 is 10.4 Å². The maximum atomic E-state index is 13.0. The number of hydrogen-bond acceptors (Lipinski definition) is 5. The summed E-state index contributed by atoms with van der Waals surface area (Å²) >= 11 is 0. The van der Waals surface area contributed by atoms with Crippen molar-refractivity contribution in [3.05, 3.63) is 84.6 Å². The fourth-order valence-electron chi connectivity index (χ4n) is 4.03. The van der Waals surface area contributed by atoms with Crippen molar-refractivity contribution in [3.63, 3.8) is 0 Å². The molecule has 0 aliphatic carbocycles. The summed E-state index contributed by atoms with van der Waals surface area (Å²) in [7, 11) is 0. The number of hydrogen-bond donors (Lipinski definition) is 4. The molecule has 166 valence electrons. The smallest absolute Gasteiger partial charge is 0.276 e. The number of benzene rings is 2. The van der Waals surface area contributed by atoms with Crippen LogP contribution in [0, 0.1) is 0 Å². The number of H-pyrrole nitrogens is 2. The number of nitrogens with one attached hydrogen (secondary N) is 3. The van der Waals surface area contributed by atoms with Crippen molar-refractivity contribution in [3.8, 4) is 11.1 Å². The minimum atomic E-state index is -1.07. The first kappa shape index (κ1) is 20.7. The third kappa shape index (κ3) is 4.01. The van der Waals surface area contributed by atoms with Gasteiger partial charge in [0.1, 0.15) is 6.04 Å². The minimum absolute atomic E-state index is 0.290. The van der Waals surface area contributed by atoms with E-state index in [2.05, 4.69) is 30.8 Å². The van der Waals surface area contributed by atoms with Crippen molar-refractivity contribution >= 4 is 22.5 Å². The number of anilines is 1. The number of nitrogens with zero attached hydrogens (tertiary/aromatic N) is 4. The number of carbonyl (C=O) groups excluding carboxylic acids is 1. The molecule has 33 heavy (non-hydrogen) atoms. The fourth-order valence-corrected chi connectivity index (χ4v) is 4.03. The Kier molecular flexibility index (Phi) is 5.02. The zero-order valence-electron chi connectivity index (χ0n) is 18.1. The van der Waals surface area contributed by atoms with Crippen LogP contribution in [-0.2, 0) is 0 Å². The second kappa shape index (κ2) is 8.03. The van der Waals surface area contributed by atoms with E-state index >= 15 is 0 Å². The summed E-state index contributed by atoms with van der Waals surface area (Å²) < 4.78 is 1.66. The zero-order valence-corrected chi connectivity index (χ0v) is 18.1. The van der Waals surface area contributed by atoms with Crippen molar-refractivity contribution < 1.29 is 9.90 Å². The lowest BCUT2D eigenvalue weighted by Gasteiger charge is -2.30. The molecule has 1 amide bonds. The van der Waals surface area contributed by atoms with Crippen molar-refractivity contribution in [1.82, 2.24) is 30.2 Å². The molecule has 3 aromatic heterocycles. The van der Waals surface area contributed by atoms with Crippen molar-refractivity contribution in [1.29, 1.82) is 0 Å². The van der Waals surface area contributed by atoms with Gasteiger partial charge in [-0.15, -0.1) is 0 Å². The van der Waals surface area contributed by atoms with E-state index in [-0.39, 0.29) is 5.91 Å². The van der Waals surface area contributed by atoms with E-state index in [9.17, 15) is 9.90 Å². The van der Waals surface area contributed by atoms with Gasteiger partial charge in [0, 0.05) is 23.3 Å². The summed E-state index contributed by atoms with van der Waals surface area (Å²) in [6.45, 7) is 3.47. The van der Waals surface area contributed by atoms with E-state index in [1.807, 2.05) is 48.5 Å². The first-order chi connectivity index (χ1) is 15.9. The summed E-state index contributed by atoms with van der Waals surface area (Å²) in [4.78, 5) is 13.0. The first-order valence-electron chi connectivity index (χ1n) is 10.5. The molecule has 0 bridgehead atoms. The highest BCUT2D eigenvalue weighted by molar-refractivity contribution is 6.11. The maximum Gasteiger partial charge on any atom is 0.276 e. The Morgan fingerprint density at radius 3 is 2.67 bits per heavy atom. The molecule has 0 spiro atoms. The Labute approximate surface area is 189 Å². The van der Waals surface area contributed by atoms with Gasteiger partial charge in [0.15, 0.2) is 5.69 Å². The van der Waals surface area contributed by atoms with Crippen LogP contribution in [0.25, 0.3) is 22.0 Å². The van der Waals surface area contributed by atoms with E-state index in [0.717, 1.165) is 22.2 Å². The molecule has 9 nitrogen and oxygen atoms in total. The molecule has 0 saturated carbocycles. The van der Waals surface area contributed by atoms with Crippen LogP contribution in [0.3, 0.4) is 0 Å². The van der Waals surface area contributed by atoms with Gasteiger partial charge in [-0.3, -0.25) is 19.7 Å². The molecule has 0 fully saturated rings. The van der Waals surface area contributed by atoms with Crippen molar-refractivity contribution in [2.75, 3.05) is 5.32 Å². The van der Waals surface area contributed by atoms with E-state index < -0.39 is 11.6 Å². The SMILES string of the molecule is CC(C)(O)[C@@H](c1ccccc1)n1cc(NC(=O)c2n[nH]c3cc(-c4cn[nH]c4)ccc23)cn1. The quantitative estimate of drug-likeness (QED) is 0.319. The lowest BCUT2D eigenvalue weighted by Crippen LogP contribution is -2.34. The number of aliphatic hydroxyl groups is 1. The number of rotatable bonds is 6. The first-order valence-corrected chi connectivity index (χ1v) is 10.5. The predicted octanol–water partition coefficient (Wildman–Crippen LogP) is 3.76. The summed E-state index contributed by atoms with van der Waals surface area (Å²) in [6, 6.07) is 14.9. The summed E-state index contributed by atoms with van der Waals surface area (Å²) in [5.41, 5.74) is 3.31. The summed E-state index contributed by atoms with van der Waals surface area (Å²) in [6.07, 6.45) is 6.81. The highest BCUT2D eigenvalue weighted by Crippen LogP contribution is 2.30. The van der Waals surface area contributed by atoms with Crippen molar-refractivity contribution in [2.24, 2.45) is 0 Å². The summed E-state index contributed by atoms with van der Waals surface area (Å²) in [5, 5.41) is 32.6. The van der Waals surface area contributed by atoms with Gasteiger partial charge in [0.2, 0.25) is 0 Å². The Hall–Kier alpha value is -4.24. The number of amides is 1. The summed E-state index contributed by atoms with van der Waals surface area (Å²) in [5.74, 6) is -0.351. The fraction of sp³-hybridized carbons (Fsp3) is 0.167. The molecular weight excluding hydrogens is 418 g/mol. The Morgan fingerprint density at radius 1 is 1.12 bits per heavy atom. The van der Waals surface area contributed by atoms with E-state index in [1.165, 1.54) is 0 Å². The van der Waals surface area contributed by atoms with Gasteiger partial charge in [-0.25, -0.2) is 0 Å². The number of aromatic amines is 2. The number of carbonyl (C=O) groups is 1. The number of fused-ring (bicyclic) bond motifs is 1. The van der Waals surface area contributed by atoms with Gasteiger partial charge in [-0.05, 0) is 37.1 Å². The minimum Gasteiger partial charge on any atom is -0.388 e. The van der Waals surface area contributed by atoms with Crippen LogP contribution in [0.4, 0.5) is 5.69 Å². The van der Waals surface area contributed by atoms with Gasteiger partial charge in [-0.2, -0.15) is 15.3 Å². The van der Waals surface area contributed by atoms with Gasteiger partial charge in [0.05, 0.1) is 29.2 Å². The largest absolute Gasteiger partial charge is 0.388 e. The second-order valence-corrected chi connectivity index (χ2v) is 8.45. The molecule has 2 aromatic carbocycles. The molecule has 0 aliphatic rings. The lowest BCUT2D eigenvalue weighted by molar-refractivity contribution is 0.0346. The third-order valence-corrected chi connectivity index (χ3v) is 5.52. The molecule has 9 heteroatoms. The Bertz CT molecular complexity index is 1400. The lowest BCUT2D eigenvalue weighted by atomic mass is 9.92. The van der Waals surface area contributed by atoms with E-state index in [0.29, 0.717) is 16.8 Å². The molecule has 0 unspecified atom stereocenters. The molecule has 5 rings (SSSR count). The van der Waals surface area contributed by atoms with Crippen LogP contribution in [0.5, 0.6) is 0 Å². The standard InChI is InChI=1S/C24H23N7O2/c1-24(2,33)22(15-6-4-3-5-7-15)31-14-18(13-27-31)28-23(32)21-19-9-8-16(10-20(19)29-30-21)17-11-25-26-12-17/h3-14,22,33H,1-2H3,(H,25,26)(H,28,32)(H,29,30)/t22-/m1/s1. The van der Waals surface area contributed by atoms with Crippen molar-refractivity contribution in [2.45, 2.75) is 25.5 Å². The van der Waals surface area contributed by atoms with E-state index in [1.54, 1.807) is 43.3 Å². The second-order valence-electron chi connectivity index (χ2n) is 8.45. The third-order valence-electron chi connectivity index (χ3n) is 5.52. The van der Waals surface area contributed by atoms with Crippen LogP contribution in [0.1, 0.15) is 35.9 Å². The maximum absolute atomic E-state index is 13.0.